The largest absolute Gasteiger partial charge is 0.573 e. The number of pyridine rings is 1. The van der Waals surface area contributed by atoms with E-state index in [0.717, 1.165) is 11.8 Å². The van der Waals surface area contributed by atoms with Crippen molar-refractivity contribution in [1.82, 2.24) is 14.8 Å². The van der Waals surface area contributed by atoms with Gasteiger partial charge in [-0.1, -0.05) is 12.1 Å². The predicted octanol–water partition coefficient (Wildman–Crippen LogP) is 4.33. The molecule has 0 aliphatic rings. The van der Waals surface area contributed by atoms with Crippen LogP contribution in [0.3, 0.4) is 0 Å². The van der Waals surface area contributed by atoms with Gasteiger partial charge in [-0.25, -0.2) is 14.3 Å². The number of hydrogen-bond acceptors (Lipinski definition) is 7. The maximum atomic E-state index is 12.4. The lowest BCUT2D eigenvalue weighted by molar-refractivity contribution is -0.274. The Balaban J connectivity index is 0.000000307. The van der Waals surface area contributed by atoms with Crippen LogP contribution in [0.25, 0.3) is 5.69 Å². The summed E-state index contributed by atoms with van der Waals surface area (Å²) in [5, 5.41) is 24.3. The van der Waals surface area contributed by atoms with Gasteiger partial charge in [-0.15, -0.1) is 18.3 Å². The molecule has 0 aliphatic carbocycles. The van der Waals surface area contributed by atoms with Crippen LogP contribution in [0.15, 0.2) is 72.9 Å². The number of nitrogens with one attached hydrogen (secondary N) is 1. The third-order valence-corrected chi connectivity index (χ3v) is 4.96. The average molecular weight is 557 g/mol. The maximum absolute atomic E-state index is 12.4. The van der Waals surface area contributed by atoms with E-state index in [0.29, 0.717) is 22.9 Å². The summed E-state index contributed by atoms with van der Waals surface area (Å²) < 4.78 is 42.6. The Bertz CT molecular complexity index is 1510. The lowest BCUT2D eigenvalue weighted by atomic mass is 10.1. The number of carbonyl (C=O) groups is 3. The molecule has 4 rings (SSSR count). The van der Waals surface area contributed by atoms with Crippen LogP contribution in [-0.4, -0.2) is 49.2 Å². The van der Waals surface area contributed by atoms with Gasteiger partial charge in [-0.3, -0.25) is 9.78 Å². The topological polar surface area (TPSA) is 170 Å². The number of alkyl halides is 3. The van der Waals surface area contributed by atoms with Crippen LogP contribution >= 0.6 is 0 Å². The number of carboxylic acids is 2. The first kappa shape index (κ1) is 29.2. The number of amides is 1. The molecule has 0 unspecified atom stereocenters. The highest BCUT2D eigenvalue weighted by Crippen LogP contribution is 2.27. The van der Waals surface area contributed by atoms with E-state index in [9.17, 15) is 27.6 Å². The number of halogens is 3. The lowest BCUT2D eigenvalue weighted by Crippen LogP contribution is -2.17. The number of benzene rings is 2. The Morgan fingerprint density at radius 1 is 0.975 bits per heavy atom. The lowest BCUT2D eigenvalue weighted by Gasteiger charge is -2.10. The number of aromatic nitrogens is 3. The molecule has 40 heavy (non-hydrogen) atoms. The van der Waals surface area contributed by atoms with E-state index in [1.54, 1.807) is 30.5 Å². The Hall–Kier alpha value is -5.40. The van der Waals surface area contributed by atoms with E-state index in [1.165, 1.54) is 41.1 Å². The molecular formula is C26H22F3N5O6. The molecule has 11 nitrogen and oxygen atoms in total. The molecule has 14 heteroatoms. The second kappa shape index (κ2) is 12.4. The number of primary amides is 1. The highest BCUT2D eigenvalue weighted by molar-refractivity contribution is 5.93. The number of anilines is 2. The first-order chi connectivity index (χ1) is 18.8. The van der Waals surface area contributed by atoms with E-state index in [2.05, 4.69) is 20.1 Å². The number of hydrogen-bond donors (Lipinski definition) is 4. The van der Waals surface area contributed by atoms with Crippen LogP contribution in [0.2, 0.25) is 0 Å². The molecular weight excluding hydrogens is 535 g/mol. The SMILES string of the molecule is Cc1cc(-n2nc(Nc3cccc(OC(F)(F)F)c3)cc2CC(N)=O)ccn1.O=C(O)c1cccc(C(=O)O)c1. The second-order valence-corrected chi connectivity index (χ2v) is 8.12. The van der Waals surface area contributed by atoms with Crippen molar-refractivity contribution in [2.45, 2.75) is 19.7 Å². The molecule has 0 fully saturated rings. The zero-order chi connectivity index (χ0) is 29.4. The van der Waals surface area contributed by atoms with Gasteiger partial charge in [0.15, 0.2) is 5.82 Å². The molecule has 2 aromatic carbocycles. The van der Waals surface area contributed by atoms with Gasteiger partial charge in [0.2, 0.25) is 5.91 Å². The van der Waals surface area contributed by atoms with E-state index < -0.39 is 24.2 Å². The Kier molecular flexibility index (Phi) is 9.06. The summed E-state index contributed by atoms with van der Waals surface area (Å²) in [6.07, 6.45) is -3.24. The number of carbonyl (C=O) groups excluding carboxylic acids is 1. The molecule has 0 saturated heterocycles. The minimum Gasteiger partial charge on any atom is -0.478 e. The summed E-state index contributed by atoms with van der Waals surface area (Å²) in [5.41, 5.74) is 7.55. The standard InChI is InChI=1S/C18H16F3N5O2.C8H6O4/c1-11-7-13(5-6-23-11)26-14(9-16(22)27)10-17(25-26)24-12-3-2-4-15(8-12)28-18(19,20)21;9-7(10)5-2-1-3-6(4-5)8(11)12/h2-8,10H,9H2,1H3,(H2,22,27)(H,24,25);1-4H,(H,9,10)(H,11,12). The number of rotatable bonds is 8. The quantitative estimate of drug-likeness (QED) is 0.246. The smallest absolute Gasteiger partial charge is 0.478 e. The Labute approximate surface area is 224 Å². The van der Waals surface area contributed by atoms with Gasteiger partial charge in [0, 0.05) is 29.7 Å². The van der Waals surface area contributed by atoms with Gasteiger partial charge in [-0.05, 0) is 49.4 Å². The number of aromatic carboxylic acids is 2. The van der Waals surface area contributed by atoms with E-state index in [1.807, 2.05) is 6.92 Å². The van der Waals surface area contributed by atoms with Crippen molar-refractivity contribution in [2.75, 3.05) is 5.32 Å². The Morgan fingerprint density at radius 2 is 1.62 bits per heavy atom. The highest BCUT2D eigenvalue weighted by atomic mass is 19.4. The zero-order valence-corrected chi connectivity index (χ0v) is 20.7. The number of ether oxygens (including phenoxy) is 1. The molecule has 0 spiro atoms. The molecule has 0 radical (unpaired) electrons. The van der Waals surface area contributed by atoms with Crippen molar-refractivity contribution in [1.29, 1.82) is 0 Å². The number of aryl methyl sites for hydroxylation is 1. The van der Waals surface area contributed by atoms with Crippen LogP contribution in [0.5, 0.6) is 5.75 Å². The number of nitrogens with zero attached hydrogens (tertiary/aromatic N) is 3. The normalized spacial score (nSPS) is 10.7. The van der Waals surface area contributed by atoms with E-state index >= 15 is 0 Å². The second-order valence-electron chi connectivity index (χ2n) is 8.12. The van der Waals surface area contributed by atoms with Crippen LogP contribution in [-0.2, 0) is 11.2 Å². The fourth-order valence-electron chi connectivity index (χ4n) is 3.38. The van der Waals surface area contributed by atoms with Crippen molar-refractivity contribution in [3.63, 3.8) is 0 Å². The molecule has 2 aromatic heterocycles. The van der Waals surface area contributed by atoms with Crippen molar-refractivity contribution < 1.29 is 42.5 Å². The first-order valence-electron chi connectivity index (χ1n) is 11.3. The van der Waals surface area contributed by atoms with Crippen LogP contribution < -0.4 is 15.8 Å². The third kappa shape index (κ3) is 8.58. The van der Waals surface area contributed by atoms with Gasteiger partial charge in [0.05, 0.1) is 28.9 Å². The van der Waals surface area contributed by atoms with Crippen molar-refractivity contribution >= 4 is 29.4 Å². The predicted molar refractivity (Wildman–Crippen MR) is 136 cm³/mol. The molecule has 5 N–H and O–H groups in total. The van der Waals surface area contributed by atoms with Gasteiger partial charge < -0.3 is 26.0 Å². The van der Waals surface area contributed by atoms with Crippen LogP contribution in [0.4, 0.5) is 24.7 Å². The molecule has 2 heterocycles. The summed E-state index contributed by atoms with van der Waals surface area (Å²) in [5.74, 6) is -2.83. The molecule has 0 saturated carbocycles. The molecule has 0 atom stereocenters. The number of nitrogens with two attached hydrogens (primary N) is 1. The minimum absolute atomic E-state index is 0.0186. The zero-order valence-electron chi connectivity index (χ0n) is 20.7. The first-order valence-corrected chi connectivity index (χ1v) is 11.3. The molecule has 0 bridgehead atoms. The minimum atomic E-state index is -4.78. The summed E-state index contributed by atoms with van der Waals surface area (Å²) in [6.45, 7) is 1.81. The van der Waals surface area contributed by atoms with Crippen LogP contribution in [0.1, 0.15) is 32.1 Å². The van der Waals surface area contributed by atoms with Crippen molar-refractivity contribution in [2.24, 2.45) is 5.73 Å². The van der Waals surface area contributed by atoms with Gasteiger partial charge in [-0.2, -0.15) is 0 Å². The van der Waals surface area contributed by atoms with E-state index in [-0.39, 0.29) is 23.3 Å². The maximum Gasteiger partial charge on any atom is 0.573 e. The van der Waals surface area contributed by atoms with E-state index in [4.69, 9.17) is 15.9 Å². The van der Waals surface area contributed by atoms with Crippen molar-refractivity contribution in [3.8, 4) is 11.4 Å². The Morgan fingerprint density at radius 3 is 2.20 bits per heavy atom. The van der Waals surface area contributed by atoms with Gasteiger partial charge in [0.1, 0.15) is 5.75 Å². The van der Waals surface area contributed by atoms with Crippen LogP contribution in [0, 0.1) is 6.92 Å². The monoisotopic (exact) mass is 557 g/mol. The molecule has 208 valence electrons. The summed E-state index contributed by atoms with van der Waals surface area (Å²) >= 11 is 0. The third-order valence-electron chi connectivity index (χ3n) is 4.96. The highest BCUT2D eigenvalue weighted by Gasteiger charge is 2.31. The molecule has 1 amide bonds. The van der Waals surface area contributed by atoms with Gasteiger partial charge in [0.25, 0.3) is 0 Å². The fourth-order valence-corrected chi connectivity index (χ4v) is 3.38. The number of carboxylic acid groups (broad SMARTS) is 2. The summed E-state index contributed by atoms with van der Waals surface area (Å²) in [6, 6.07) is 15.6. The van der Waals surface area contributed by atoms with Crippen molar-refractivity contribution in [3.05, 3.63) is 95.4 Å². The molecule has 4 aromatic rings. The molecule has 0 aliphatic heterocycles. The van der Waals surface area contributed by atoms with Gasteiger partial charge >= 0.3 is 18.3 Å². The summed E-state index contributed by atoms with van der Waals surface area (Å²) in [4.78, 5) is 36.3. The summed E-state index contributed by atoms with van der Waals surface area (Å²) in [7, 11) is 0. The fraction of sp³-hybridized carbons (Fsp3) is 0.115. The average Bonchev–Trinajstić information content (AvgIpc) is 3.25.